The Kier molecular flexibility index (Phi) is 6.27. The molecule has 0 aliphatic carbocycles. The zero-order valence-electron chi connectivity index (χ0n) is 13.7. The zero-order chi connectivity index (χ0) is 18.2. The molecule has 25 heavy (non-hydrogen) atoms. The first-order valence-corrected chi connectivity index (χ1v) is 7.82. The Hall–Kier alpha value is -3.16. The lowest BCUT2D eigenvalue weighted by molar-refractivity contribution is -0.147. The molecule has 0 aliphatic rings. The molecule has 0 saturated carbocycles. The molecule has 2 aromatic rings. The van der Waals surface area contributed by atoms with Crippen LogP contribution in [-0.4, -0.2) is 28.0 Å². The normalized spacial score (nSPS) is 11.6. The van der Waals surface area contributed by atoms with Crippen molar-refractivity contribution < 1.29 is 14.3 Å². The quantitative estimate of drug-likeness (QED) is 0.704. The van der Waals surface area contributed by atoms with E-state index in [-0.39, 0.29) is 19.6 Å². The lowest BCUT2D eigenvalue weighted by Crippen LogP contribution is -2.36. The molecule has 0 saturated heterocycles. The molecule has 0 fully saturated rings. The molecule has 1 aromatic carbocycles. The van der Waals surface area contributed by atoms with Crippen molar-refractivity contribution in [2.75, 3.05) is 6.61 Å². The van der Waals surface area contributed by atoms with Crippen LogP contribution in [0.5, 0.6) is 0 Å². The van der Waals surface area contributed by atoms with Crippen molar-refractivity contribution in [3.63, 3.8) is 0 Å². The summed E-state index contributed by atoms with van der Waals surface area (Å²) in [6, 6.07) is 9.03. The molecular formula is C17H19N3O5. The number of carbonyl (C=O) groups excluding carboxylic acids is 2. The Labute approximate surface area is 143 Å². The molecule has 1 amide bonds. The summed E-state index contributed by atoms with van der Waals surface area (Å²) in [5.74, 6) is -0.969. The fourth-order valence-electron chi connectivity index (χ4n) is 2.22. The molecule has 132 valence electrons. The van der Waals surface area contributed by atoms with Crippen molar-refractivity contribution in [3.8, 4) is 0 Å². The van der Waals surface area contributed by atoms with E-state index in [4.69, 9.17) is 4.74 Å². The molecule has 1 heterocycles. The van der Waals surface area contributed by atoms with Gasteiger partial charge in [-0.3, -0.25) is 14.6 Å². The summed E-state index contributed by atoms with van der Waals surface area (Å²) in [5, 5.41) is 2.62. The molecule has 0 spiro atoms. The Bertz CT molecular complexity index is 841. The van der Waals surface area contributed by atoms with Gasteiger partial charge in [-0.15, -0.1) is 0 Å². The zero-order valence-corrected chi connectivity index (χ0v) is 13.7. The predicted molar refractivity (Wildman–Crippen MR) is 89.9 cm³/mol. The third kappa shape index (κ3) is 5.17. The highest BCUT2D eigenvalue weighted by atomic mass is 16.5. The second-order valence-corrected chi connectivity index (χ2v) is 5.22. The first-order chi connectivity index (χ1) is 12.0. The fourth-order valence-corrected chi connectivity index (χ4v) is 2.22. The Morgan fingerprint density at radius 1 is 1.20 bits per heavy atom. The lowest BCUT2D eigenvalue weighted by atomic mass is 10.1. The highest BCUT2D eigenvalue weighted by Crippen LogP contribution is 2.14. The number of aromatic amines is 1. The van der Waals surface area contributed by atoms with Gasteiger partial charge in [0.2, 0.25) is 5.91 Å². The molecule has 0 radical (unpaired) electrons. The van der Waals surface area contributed by atoms with Gasteiger partial charge in [0.15, 0.2) is 6.04 Å². The third-order valence-corrected chi connectivity index (χ3v) is 3.44. The molecule has 1 atom stereocenters. The van der Waals surface area contributed by atoms with E-state index in [1.807, 2.05) is 0 Å². The summed E-state index contributed by atoms with van der Waals surface area (Å²) < 4.78 is 6.22. The smallest absolute Gasteiger partial charge is 0.333 e. The lowest BCUT2D eigenvalue weighted by Gasteiger charge is -2.17. The van der Waals surface area contributed by atoms with E-state index in [1.165, 1.54) is 16.8 Å². The Morgan fingerprint density at radius 3 is 2.56 bits per heavy atom. The van der Waals surface area contributed by atoms with Crippen molar-refractivity contribution in [1.82, 2.24) is 14.9 Å². The standard InChI is InChI=1S/C17H19N3O5/c1-2-25-16(23)15(12-6-4-3-5-7-12)18-13(21)8-10-20-11-9-14(22)19-17(20)24/h3-7,9,11,15H,2,8,10H2,1H3,(H,18,21)(H,19,22,24). The van der Waals surface area contributed by atoms with Crippen LogP contribution in [0.4, 0.5) is 0 Å². The minimum atomic E-state index is -0.916. The minimum Gasteiger partial charge on any atom is -0.464 e. The number of nitrogens with zero attached hydrogens (tertiary/aromatic N) is 1. The van der Waals surface area contributed by atoms with Gasteiger partial charge in [0.25, 0.3) is 5.56 Å². The number of hydrogen-bond donors (Lipinski definition) is 2. The fraction of sp³-hybridized carbons (Fsp3) is 0.294. The van der Waals surface area contributed by atoms with Gasteiger partial charge in [-0.25, -0.2) is 9.59 Å². The van der Waals surface area contributed by atoms with E-state index < -0.39 is 29.2 Å². The minimum absolute atomic E-state index is 0.0330. The second kappa shape index (κ2) is 8.62. The Balaban J connectivity index is 2.05. The average Bonchev–Trinajstić information content (AvgIpc) is 2.60. The molecule has 2 rings (SSSR count). The van der Waals surface area contributed by atoms with Crippen molar-refractivity contribution >= 4 is 11.9 Å². The van der Waals surface area contributed by atoms with Gasteiger partial charge in [0.1, 0.15) is 0 Å². The van der Waals surface area contributed by atoms with Crippen LogP contribution in [0.2, 0.25) is 0 Å². The summed E-state index contributed by atoms with van der Waals surface area (Å²) in [5.41, 5.74) is -0.488. The SMILES string of the molecule is CCOC(=O)C(NC(=O)CCn1ccc(=O)[nH]c1=O)c1ccccc1. The number of esters is 1. The predicted octanol–water partition coefficient (Wildman–Crippen LogP) is 0.347. The number of ether oxygens (including phenoxy) is 1. The molecule has 1 unspecified atom stereocenters. The van der Waals surface area contributed by atoms with Gasteiger partial charge in [-0.2, -0.15) is 0 Å². The maximum Gasteiger partial charge on any atom is 0.333 e. The van der Waals surface area contributed by atoms with Crippen LogP contribution in [0.3, 0.4) is 0 Å². The number of nitrogens with one attached hydrogen (secondary N) is 2. The molecular weight excluding hydrogens is 326 g/mol. The van der Waals surface area contributed by atoms with Crippen LogP contribution in [0, 0.1) is 0 Å². The number of H-pyrrole nitrogens is 1. The maximum atomic E-state index is 12.2. The number of aryl methyl sites for hydroxylation is 1. The number of aromatic nitrogens is 2. The van der Waals surface area contributed by atoms with Gasteiger partial charge in [-0.05, 0) is 12.5 Å². The first-order valence-electron chi connectivity index (χ1n) is 7.82. The van der Waals surface area contributed by atoms with E-state index in [0.717, 1.165) is 0 Å². The Morgan fingerprint density at radius 2 is 1.92 bits per heavy atom. The van der Waals surface area contributed by atoms with Gasteiger partial charge in [0.05, 0.1) is 6.61 Å². The van der Waals surface area contributed by atoms with E-state index in [0.29, 0.717) is 5.56 Å². The van der Waals surface area contributed by atoms with Crippen LogP contribution >= 0.6 is 0 Å². The van der Waals surface area contributed by atoms with Crippen LogP contribution in [0.15, 0.2) is 52.2 Å². The summed E-state index contributed by atoms with van der Waals surface area (Å²) in [6.07, 6.45) is 1.28. The summed E-state index contributed by atoms with van der Waals surface area (Å²) in [7, 11) is 0. The molecule has 8 nitrogen and oxygen atoms in total. The van der Waals surface area contributed by atoms with E-state index >= 15 is 0 Å². The van der Waals surface area contributed by atoms with Crippen LogP contribution < -0.4 is 16.6 Å². The molecule has 2 N–H and O–H groups in total. The summed E-state index contributed by atoms with van der Waals surface area (Å²) in [6.45, 7) is 1.96. The van der Waals surface area contributed by atoms with Crippen molar-refractivity contribution in [2.24, 2.45) is 0 Å². The van der Waals surface area contributed by atoms with Crippen LogP contribution in [0.1, 0.15) is 24.9 Å². The van der Waals surface area contributed by atoms with Gasteiger partial charge < -0.3 is 14.6 Å². The molecule has 8 heteroatoms. The highest BCUT2D eigenvalue weighted by Gasteiger charge is 2.23. The van der Waals surface area contributed by atoms with E-state index in [1.54, 1.807) is 37.3 Å². The topological polar surface area (TPSA) is 110 Å². The number of benzene rings is 1. The van der Waals surface area contributed by atoms with Gasteiger partial charge in [0, 0.05) is 25.2 Å². The number of hydrogen-bond acceptors (Lipinski definition) is 5. The van der Waals surface area contributed by atoms with Crippen LogP contribution in [0.25, 0.3) is 0 Å². The average molecular weight is 345 g/mol. The van der Waals surface area contributed by atoms with Crippen LogP contribution in [-0.2, 0) is 20.9 Å². The van der Waals surface area contributed by atoms with Gasteiger partial charge in [-0.1, -0.05) is 30.3 Å². The number of carbonyl (C=O) groups is 2. The van der Waals surface area contributed by atoms with Crippen molar-refractivity contribution in [3.05, 3.63) is 69.0 Å². The maximum absolute atomic E-state index is 12.2. The molecule has 1 aromatic heterocycles. The second-order valence-electron chi connectivity index (χ2n) is 5.22. The monoisotopic (exact) mass is 345 g/mol. The summed E-state index contributed by atoms with van der Waals surface area (Å²) in [4.78, 5) is 49.0. The summed E-state index contributed by atoms with van der Waals surface area (Å²) >= 11 is 0. The van der Waals surface area contributed by atoms with Crippen molar-refractivity contribution in [2.45, 2.75) is 25.9 Å². The highest BCUT2D eigenvalue weighted by molar-refractivity contribution is 5.85. The van der Waals surface area contributed by atoms with E-state index in [9.17, 15) is 19.2 Å². The third-order valence-electron chi connectivity index (χ3n) is 3.44. The number of rotatable bonds is 7. The van der Waals surface area contributed by atoms with Gasteiger partial charge >= 0.3 is 11.7 Å². The largest absolute Gasteiger partial charge is 0.464 e. The molecule has 0 bridgehead atoms. The van der Waals surface area contributed by atoms with Crippen molar-refractivity contribution in [1.29, 1.82) is 0 Å². The molecule has 0 aliphatic heterocycles. The van der Waals surface area contributed by atoms with E-state index in [2.05, 4.69) is 10.3 Å². The first kappa shape index (κ1) is 18.2. The number of amides is 1.